The van der Waals surface area contributed by atoms with Crippen LogP contribution >= 0.6 is 0 Å². The van der Waals surface area contributed by atoms with Crippen LogP contribution in [0.3, 0.4) is 0 Å². The lowest BCUT2D eigenvalue weighted by Gasteiger charge is -2.31. The van der Waals surface area contributed by atoms with E-state index in [0.717, 1.165) is 23.9 Å². The Bertz CT molecular complexity index is 527. The van der Waals surface area contributed by atoms with Crippen molar-refractivity contribution in [3.05, 3.63) is 53.4 Å². The molecule has 1 aliphatic heterocycles. The van der Waals surface area contributed by atoms with Crippen molar-refractivity contribution in [1.82, 2.24) is 10.1 Å². The summed E-state index contributed by atoms with van der Waals surface area (Å²) in [5, 5.41) is 4.08. The molecule has 0 unspecified atom stereocenters. The Balaban J connectivity index is 1.47. The molecule has 0 atom stereocenters. The maximum Gasteiger partial charge on any atom is 0.133 e. The van der Waals surface area contributed by atoms with Crippen molar-refractivity contribution < 1.29 is 4.52 Å². The van der Waals surface area contributed by atoms with Gasteiger partial charge in [0.05, 0.1) is 5.69 Å². The Hall–Kier alpha value is -1.61. The van der Waals surface area contributed by atoms with Gasteiger partial charge in [-0.25, -0.2) is 0 Å². The van der Waals surface area contributed by atoms with Crippen molar-refractivity contribution in [3.63, 3.8) is 0 Å². The summed E-state index contributed by atoms with van der Waals surface area (Å²) >= 11 is 0. The number of likely N-dealkylation sites (tertiary alicyclic amines) is 1. The van der Waals surface area contributed by atoms with Gasteiger partial charge in [0.15, 0.2) is 0 Å². The molecule has 0 N–H and O–H groups in total. The topological polar surface area (TPSA) is 29.3 Å². The van der Waals surface area contributed by atoms with Gasteiger partial charge in [0, 0.05) is 12.6 Å². The minimum Gasteiger partial charge on any atom is -0.361 e. The van der Waals surface area contributed by atoms with Crippen LogP contribution in [0.15, 0.2) is 40.9 Å². The zero-order chi connectivity index (χ0) is 13.8. The number of benzene rings is 1. The summed E-state index contributed by atoms with van der Waals surface area (Å²) in [6.07, 6.45) is 3.79. The standard InChI is InChI=1S/C17H22N2O/c1-14-11-17(18-20-14)13-19-9-7-16(8-10-19)12-15-5-3-2-4-6-15/h2-6,11,16H,7-10,12-13H2,1H3. The fraction of sp³-hybridized carbons (Fsp3) is 0.471. The van der Waals surface area contributed by atoms with Crippen LogP contribution in [0.1, 0.15) is 29.9 Å². The molecule has 3 heteroatoms. The number of hydrogen-bond donors (Lipinski definition) is 0. The van der Waals surface area contributed by atoms with Crippen LogP contribution in [-0.2, 0) is 13.0 Å². The number of aryl methyl sites for hydroxylation is 1. The monoisotopic (exact) mass is 270 g/mol. The molecule has 1 fully saturated rings. The highest BCUT2D eigenvalue weighted by Gasteiger charge is 2.20. The molecular weight excluding hydrogens is 248 g/mol. The molecule has 3 nitrogen and oxygen atoms in total. The molecule has 3 rings (SSSR count). The normalized spacial score (nSPS) is 17.4. The lowest BCUT2D eigenvalue weighted by molar-refractivity contribution is 0.173. The second-order valence-corrected chi connectivity index (χ2v) is 5.84. The maximum absolute atomic E-state index is 5.13. The summed E-state index contributed by atoms with van der Waals surface area (Å²) in [6.45, 7) is 5.21. The summed E-state index contributed by atoms with van der Waals surface area (Å²) in [7, 11) is 0. The molecule has 2 heterocycles. The van der Waals surface area contributed by atoms with Crippen LogP contribution in [0.2, 0.25) is 0 Å². The van der Waals surface area contributed by atoms with Gasteiger partial charge in [0.1, 0.15) is 5.76 Å². The van der Waals surface area contributed by atoms with Gasteiger partial charge in [-0.05, 0) is 50.8 Å². The molecule has 0 radical (unpaired) electrons. The van der Waals surface area contributed by atoms with E-state index >= 15 is 0 Å². The molecule has 1 saturated heterocycles. The summed E-state index contributed by atoms with van der Waals surface area (Å²) < 4.78 is 5.13. The minimum absolute atomic E-state index is 0.827. The van der Waals surface area contributed by atoms with Gasteiger partial charge in [-0.2, -0.15) is 0 Å². The van der Waals surface area contributed by atoms with Gasteiger partial charge < -0.3 is 4.52 Å². The summed E-state index contributed by atoms with van der Waals surface area (Å²) in [6, 6.07) is 12.9. The van der Waals surface area contributed by atoms with E-state index in [0.29, 0.717) is 0 Å². The van der Waals surface area contributed by atoms with Crippen molar-refractivity contribution in [2.75, 3.05) is 13.1 Å². The van der Waals surface area contributed by atoms with Crippen LogP contribution in [0.4, 0.5) is 0 Å². The van der Waals surface area contributed by atoms with E-state index in [2.05, 4.69) is 40.4 Å². The number of rotatable bonds is 4. The average Bonchev–Trinajstić information content (AvgIpc) is 2.88. The molecule has 0 spiro atoms. The highest BCUT2D eigenvalue weighted by atomic mass is 16.5. The van der Waals surface area contributed by atoms with Crippen LogP contribution in [0.25, 0.3) is 0 Å². The van der Waals surface area contributed by atoms with E-state index < -0.39 is 0 Å². The molecule has 0 saturated carbocycles. The van der Waals surface area contributed by atoms with Crippen LogP contribution < -0.4 is 0 Å². The molecule has 0 amide bonds. The molecule has 0 bridgehead atoms. The van der Waals surface area contributed by atoms with Crippen molar-refractivity contribution in [2.45, 2.75) is 32.7 Å². The predicted octanol–water partition coefficient (Wildman–Crippen LogP) is 3.44. The largest absolute Gasteiger partial charge is 0.361 e. The zero-order valence-corrected chi connectivity index (χ0v) is 12.1. The van der Waals surface area contributed by atoms with Crippen molar-refractivity contribution >= 4 is 0 Å². The SMILES string of the molecule is Cc1cc(CN2CCC(Cc3ccccc3)CC2)no1. The summed E-state index contributed by atoms with van der Waals surface area (Å²) in [4.78, 5) is 2.48. The van der Waals surface area contributed by atoms with Crippen molar-refractivity contribution in [3.8, 4) is 0 Å². The van der Waals surface area contributed by atoms with E-state index in [4.69, 9.17) is 4.52 Å². The Morgan fingerprint density at radius 3 is 2.60 bits per heavy atom. The third-order valence-electron chi connectivity index (χ3n) is 4.14. The molecule has 0 aliphatic carbocycles. The van der Waals surface area contributed by atoms with Gasteiger partial charge in [-0.1, -0.05) is 35.5 Å². The molecule has 2 aromatic rings. The number of aromatic nitrogens is 1. The molecule has 1 aromatic heterocycles. The molecule has 20 heavy (non-hydrogen) atoms. The summed E-state index contributed by atoms with van der Waals surface area (Å²) in [5.74, 6) is 1.73. The average molecular weight is 270 g/mol. The maximum atomic E-state index is 5.13. The van der Waals surface area contributed by atoms with E-state index in [1.165, 1.54) is 37.9 Å². The smallest absolute Gasteiger partial charge is 0.133 e. The van der Waals surface area contributed by atoms with E-state index in [1.54, 1.807) is 0 Å². The van der Waals surface area contributed by atoms with Crippen LogP contribution in [-0.4, -0.2) is 23.1 Å². The van der Waals surface area contributed by atoms with Crippen molar-refractivity contribution in [1.29, 1.82) is 0 Å². The first-order valence-electron chi connectivity index (χ1n) is 7.48. The first-order valence-corrected chi connectivity index (χ1v) is 7.48. The van der Waals surface area contributed by atoms with Gasteiger partial charge >= 0.3 is 0 Å². The fourth-order valence-corrected chi connectivity index (χ4v) is 3.02. The zero-order valence-electron chi connectivity index (χ0n) is 12.1. The molecule has 106 valence electrons. The third-order valence-corrected chi connectivity index (χ3v) is 4.14. The van der Waals surface area contributed by atoms with Gasteiger partial charge in [0.25, 0.3) is 0 Å². The molecule has 1 aliphatic rings. The minimum atomic E-state index is 0.827. The van der Waals surface area contributed by atoms with E-state index in [1.807, 2.05) is 13.0 Å². The van der Waals surface area contributed by atoms with Crippen LogP contribution in [0, 0.1) is 12.8 Å². The predicted molar refractivity (Wildman–Crippen MR) is 79.4 cm³/mol. The van der Waals surface area contributed by atoms with Crippen molar-refractivity contribution in [2.24, 2.45) is 5.92 Å². The number of nitrogens with zero attached hydrogens (tertiary/aromatic N) is 2. The second-order valence-electron chi connectivity index (χ2n) is 5.84. The Kier molecular flexibility index (Phi) is 4.16. The lowest BCUT2D eigenvalue weighted by Crippen LogP contribution is -2.33. The molecule has 1 aromatic carbocycles. The molecular formula is C17H22N2O. The highest BCUT2D eigenvalue weighted by molar-refractivity contribution is 5.15. The van der Waals surface area contributed by atoms with Gasteiger partial charge in [0.2, 0.25) is 0 Å². The quantitative estimate of drug-likeness (QED) is 0.852. The van der Waals surface area contributed by atoms with Gasteiger partial charge in [-0.3, -0.25) is 4.90 Å². The highest BCUT2D eigenvalue weighted by Crippen LogP contribution is 2.22. The van der Waals surface area contributed by atoms with Crippen LogP contribution in [0.5, 0.6) is 0 Å². The Morgan fingerprint density at radius 1 is 1.20 bits per heavy atom. The van der Waals surface area contributed by atoms with E-state index in [-0.39, 0.29) is 0 Å². The van der Waals surface area contributed by atoms with Gasteiger partial charge in [-0.15, -0.1) is 0 Å². The summed E-state index contributed by atoms with van der Waals surface area (Å²) in [5.41, 5.74) is 2.53. The Labute approximate surface area is 120 Å². The fourth-order valence-electron chi connectivity index (χ4n) is 3.02. The number of hydrogen-bond acceptors (Lipinski definition) is 3. The number of piperidine rings is 1. The van der Waals surface area contributed by atoms with E-state index in [9.17, 15) is 0 Å². The Morgan fingerprint density at radius 2 is 1.95 bits per heavy atom. The second kappa shape index (κ2) is 6.23. The first kappa shape index (κ1) is 13.4. The lowest BCUT2D eigenvalue weighted by atomic mass is 9.90. The third kappa shape index (κ3) is 3.48. The first-order chi connectivity index (χ1) is 9.79.